The van der Waals surface area contributed by atoms with Gasteiger partial charge in [-0.25, -0.2) is 25.0 Å². The third-order valence-electron chi connectivity index (χ3n) is 28.4. The number of hydrogen-bond acceptors (Lipinski definition) is 32. The highest BCUT2D eigenvalue weighted by Gasteiger charge is 2.79. The van der Waals surface area contributed by atoms with E-state index in [9.17, 15) is 108 Å². The van der Waals surface area contributed by atoms with Crippen molar-refractivity contribution in [1.82, 2.24) is 72.0 Å². The first kappa shape index (κ1) is 108. The SMILES string of the molecule is CC[C@]1(O)C[C@H]2CN(CCc3c([nH]c4ccccc34)[C@@](C(=O)OC)(c3cc4c(cc3OC)N(C)[C@H]3[C@@](O)(C(=O)N/N=C(\C)c5ccc(N6C(=O)CC(C)C6=O)cc5)[C@H](O)[C@]5(CC)C=CCN6CC[C@]43[C@@H]65)C2)C1.CSC[C@H](NC(=O)C(CC(=O)O)NC(=O)[C@H](CC(=O)O)NC(=O)C(CCCN=C(N)N)NC(=O)[C@H](CC(=O)O)NC(=O)CC[C@H](NC(=O)c1ccc(NCc2cnc3nc(N)[nH]c(=O)c3n2)cc1)C(=O)O)C(=O)O. The van der Waals surface area contributed by atoms with Crippen molar-refractivity contribution in [2.75, 3.05) is 93.4 Å². The Bertz CT molecular complexity index is 6420. The van der Waals surface area contributed by atoms with Gasteiger partial charge in [0.2, 0.25) is 47.3 Å². The molecule has 24 N–H and O–H groups in total. The zero-order valence-corrected chi connectivity index (χ0v) is 82.1. The van der Waals surface area contributed by atoms with E-state index in [0.29, 0.717) is 117 Å². The number of aliphatic imine (C=N–C) groups is 1. The van der Waals surface area contributed by atoms with E-state index < -0.39 is 203 Å². The molecular formula is C97H120N22O26S. The van der Waals surface area contributed by atoms with E-state index in [1.165, 1.54) is 48.7 Å². The number of fused-ring (bicyclic) bond motifs is 7. The molecule has 146 heavy (non-hydrogen) atoms. The molecule has 49 heteroatoms. The third kappa shape index (κ3) is 22.4. The summed E-state index contributed by atoms with van der Waals surface area (Å²) in [6, 6.07) is 12.2. The monoisotopic (exact) mass is 2040 g/mol. The number of carbonyl (C=O) groups is 15. The van der Waals surface area contributed by atoms with Crippen molar-refractivity contribution in [3.63, 3.8) is 0 Å². The summed E-state index contributed by atoms with van der Waals surface area (Å²) < 4.78 is 12.4. The molecule has 3 saturated heterocycles. The van der Waals surface area contributed by atoms with Gasteiger partial charge in [-0.3, -0.25) is 91.8 Å². The number of guanidine groups is 1. The van der Waals surface area contributed by atoms with Gasteiger partial charge in [0, 0.05) is 126 Å². The van der Waals surface area contributed by atoms with Crippen molar-refractivity contribution >= 4 is 157 Å². The molecule has 14 rings (SSSR count). The maximum absolute atomic E-state index is 15.5. The van der Waals surface area contributed by atoms with Crippen molar-refractivity contribution in [3.05, 3.63) is 153 Å². The number of hydrogen-bond donors (Lipinski definition) is 21. The first-order valence-electron chi connectivity index (χ1n) is 47.4. The number of anilines is 4. The van der Waals surface area contributed by atoms with Crippen LogP contribution in [0.4, 0.5) is 23.0 Å². The quantitative estimate of drug-likeness (QED) is 0.00454. The summed E-state index contributed by atoms with van der Waals surface area (Å²) in [4.78, 5) is 237. The number of aliphatic hydroxyl groups excluding tert-OH is 1. The molecule has 0 radical (unpaired) electrons. The van der Waals surface area contributed by atoms with Gasteiger partial charge in [-0.2, -0.15) is 21.8 Å². The number of nitrogens with two attached hydrogens (primary N) is 3. The van der Waals surface area contributed by atoms with Crippen molar-refractivity contribution < 1.29 is 122 Å². The first-order chi connectivity index (χ1) is 69.3. The van der Waals surface area contributed by atoms with Crippen molar-refractivity contribution in [3.8, 4) is 5.75 Å². The van der Waals surface area contributed by atoms with E-state index in [-0.39, 0.29) is 84.1 Å². The Hall–Kier alpha value is -15.1. The summed E-state index contributed by atoms with van der Waals surface area (Å²) in [5.41, 5.74) is 18.4. The number of ether oxygens (including phenoxy) is 2. The molecular weight excluding hydrogens is 1920 g/mol. The Balaban J connectivity index is 0.000000244. The molecule has 2 bridgehead atoms. The molecule has 17 atom stereocenters. The number of amides is 9. The number of H-pyrrole nitrogens is 2. The molecule has 4 unspecified atom stereocenters. The molecule has 7 aliphatic rings. The van der Waals surface area contributed by atoms with Gasteiger partial charge in [-0.15, -0.1) is 0 Å². The number of para-hydroxylation sites is 1. The second-order valence-corrected chi connectivity index (χ2v) is 38.6. The maximum Gasteiger partial charge on any atom is 0.327 e. The molecule has 3 aromatic heterocycles. The number of aromatic nitrogens is 5. The van der Waals surface area contributed by atoms with Crippen LogP contribution in [0.2, 0.25) is 0 Å². The summed E-state index contributed by atoms with van der Waals surface area (Å²) in [5.74, 6) is -17.9. The van der Waals surface area contributed by atoms with E-state index >= 15 is 9.59 Å². The summed E-state index contributed by atoms with van der Waals surface area (Å²) >= 11 is 1.01. The van der Waals surface area contributed by atoms with E-state index in [2.05, 4.69) is 94.3 Å². The number of piperidine rings is 1. The van der Waals surface area contributed by atoms with Crippen LogP contribution >= 0.6 is 11.8 Å². The zero-order valence-electron chi connectivity index (χ0n) is 81.3. The Labute approximate surface area is 839 Å². The first-order valence-corrected chi connectivity index (χ1v) is 48.8. The highest BCUT2D eigenvalue weighted by atomic mass is 32.2. The van der Waals surface area contributed by atoms with Crippen molar-refractivity contribution in [2.24, 2.45) is 38.8 Å². The van der Waals surface area contributed by atoms with Gasteiger partial charge in [0.25, 0.3) is 17.4 Å². The van der Waals surface area contributed by atoms with Crippen LogP contribution in [0, 0.1) is 17.3 Å². The number of thioether (sulfide) groups is 1. The van der Waals surface area contributed by atoms with Crippen LogP contribution < -0.4 is 79.9 Å². The van der Waals surface area contributed by atoms with E-state index in [1.54, 1.807) is 45.2 Å². The van der Waals surface area contributed by atoms with Crippen LogP contribution in [0.3, 0.4) is 0 Å². The standard InChI is InChI=1S/C56H67N7O9.C41H53N15O17S/c1-8-52(69)28-34-29-55(51(68)72-7,45-38(19-23-61(30-34)31-52)37-13-10-11-14-41(37)57-45)40-26-39-42(27-43(40)71-6)60(5)48-54(39)21-24-62-22-12-20-53(9-2,47(54)62)49(66)56(48,70)50(67)59-58-33(4)35-15-17-36(18-16-35)63-44(64)25-32(3)46(63)65;1-74-16-25(39(72)73)54-36(68)24(13-29(62)63)53-35(67)23(12-28(60)61)52-33(65)20(3-2-10-45-40(42)43)50-34(66)22(11-27(58)59)49-26(57)9-8-21(38(70)71)51-32(64)17-4-6-18(7-5-17)46-14-19-15-47-31-30(48-19)37(69)56-41(44)55-31/h10-18,20,26-27,32,34,47-49,57,66,69-70H,8-9,19,21-25,28-31H2,1-7H3,(H,59,67);4-7,15,20-25,46H,2-3,8-14,16H2,1H3,(H,49,57)(H,50,66)(H,51,64)(H,52,65)(H,53,67)(H,54,68)(H,58,59)(H,60,61)(H,62,63)(H,70,71)(H,72,73)(H4,42,43,45)(H3,44,47,55,56,69)/b58-33+;/t32?,34-,47+,48-,49-,52+,53-,54-,55+,56+;20?,21-,22-,23-,24?,25-/m10/s1. The minimum Gasteiger partial charge on any atom is -0.496 e. The van der Waals surface area contributed by atoms with Crippen molar-refractivity contribution in [1.29, 1.82) is 0 Å². The third-order valence-corrected chi connectivity index (χ3v) is 29.1. The van der Waals surface area contributed by atoms with Crippen LogP contribution in [-0.2, 0) is 95.7 Å². The fraction of sp³-hybridized carbons (Fsp3) is 0.474. The van der Waals surface area contributed by atoms with Crippen LogP contribution in [0.25, 0.3) is 22.1 Å². The van der Waals surface area contributed by atoms with Gasteiger partial charge in [0.1, 0.15) is 53.5 Å². The van der Waals surface area contributed by atoms with Crippen LogP contribution in [0.5, 0.6) is 5.75 Å². The number of methoxy groups -OCH3 is 2. The molecule has 1 aliphatic carbocycles. The fourth-order valence-electron chi connectivity index (χ4n) is 21.6. The Morgan fingerprint density at radius 3 is 1.95 bits per heavy atom. The summed E-state index contributed by atoms with van der Waals surface area (Å²) in [6.45, 7) is 10.5. The van der Waals surface area contributed by atoms with Gasteiger partial charge >= 0.3 is 35.8 Å². The van der Waals surface area contributed by atoms with Crippen LogP contribution in [-0.4, -0.2) is 314 Å². The predicted molar refractivity (Wildman–Crippen MR) is 529 cm³/mol. The number of aromatic amines is 2. The normalized spacial score (nSPS) is 24.0. The van der Waals surface area contributed by atoms with E-state index in [0.717, 1.165) is 39.5 Å². The average molecular weight is 2040 g/mol. The van der Waals surface area contributed by atoms with Crippen LogP contribution in [0.1, 0.15) is 155 Å². The number of rotatable bonds is 40. The van der Waals surface area contributed by atoms with Crippen LogP contribution in [0.15, 0.2) is 118 Å². The largest absolute Gasteiger partial charge is 0.496 e. The van der Waals surface area contributed by atoms with Crippen molar-refractivity contribution in [2.45, 2.75) is 201 Å². The van der Waals surface area contributed by atoms with E-state index in [4.69, 9.17) is 26.7 Å². The minimum absolute atomic E-state index is 0.000447. The lowest BCUT2D eigenvalue weighted by molar-refractivity contribution is -0.203. The lowest BCUT2D eigenvalue weighted by atomic mass is 9.47. The molecule has 1 spiro atoms. The number of carbonyl (C=O) groups excluding carboxylic acids is 10. The maximum atomic E-state index is 15.5. The number of carboxylic acid groups (broad SMARTS) is 5. The molecule has 48 nitrogen and oxygen atoms in total. The molecule has 780 valence electrons. The van der Waals surface area contributed by atoms with Gasteiger partial charge in [0.05, 0.1) is 75.0 Å². The number of benzene rings is 4. The van der Waals surface area contributed by atoms with Gasteiger partial charge in [0.15, 0.2) is 22.7 Å². The molecule has 9 amide bonds. The fourth-order valence-corrected chi connectivity index (χ4v) is 22.2. The number of aliphatic carboxylic acids is 5. The number of nitrogens with one attached hydrogen (secondary N) is 10. The number of nitrogen functional groups attached to an aromatic ring is 1. The molecule has 1 saturated carbocycles. The molecule has 6 aliphatic heterocycles. The number of carboxylic acids is 5. The summed E-state index contributed by atoms with van der Waals surface area (Å²) in [7, 11) is 4.87. The lowest BCUT2D eigenvalue weighted by Crippen LogP contribution is -2.81. The lowest BCUT2D eigenvalue weighted by Gasteiger charge is -2.63. The van der Waals surface area contributed by atoms with Gasteiger partial charge < -0.3 is 115 Å². The number of hydrazone groups is 1. The van der Waals surface area contributed by atoms with Gasteiger partial charge in [-0.05, 0) is 149 Å². The topological polar surface area (TPSA) is 736 Å². The molecule has 9 heterocycles. The molecule has 4 aromatic carbocycles. The predicted octanol–water partition coefficient (Wildman–Crippen LogP) is -0.0932. The Morgan fingerprint density at radius 1 is 0.719 bits per heavy atom. The highest BCUT2D eigenvalue weighted by Crippen LogP contribution is 2.68. The zero-order chi connectivity index (χ0) is 106. The average Bonchev–Trinajstić information content (AvgIpc) is 1.48. The number of esters is 1. The summed E-state index contributed by atoms with van der Waals surface area (Å²) in [6.07, 6.45) is 3.17. The number of imide groups is 1. The van der Waals surface area contributed by atoms with E-state index in [1.807, 2.05) is 67.5 Å². The summed E-state index contributed by atoms with van der Waals surface area (Å²) in [5, 5.41) is 108. The second kappa shape index (κ2) is 45.1. The van der Waals surface area contributed by atoms with Gasteiger partial charge in [-0.1, -0.05) is 63.3 Å². The Kier molecular flexibility index (Phi) is 33.4. The Morgan fingerprint density at radius 2 is 1.35 bits per heavy atom. The second-order valence-electron chi connectivity index (χ2n) is 37.7. The smallest absolute Gasteiger partial charge is 0.327 e. The highest BCUT2D eigenvalue weighted by molar-refractivity contribution is 7.98. The molecule has 4 fully saturated rings. The number of aliphatic hydroxyl groups is 3. The number of nitrogens with zero attached hydrogens (tertiary/aromatic N) is 9. The molecule has 7 aromatic rings. The minimum atomic E-state index is -2.45. The number of likely N-dealkylation sites (N-methyl/N-ethyl adjacent to an activating group) is 1.